The summed E-state index contributed by atoms with van der Waals surface area (Å²) in [5, 5.41) is 23.5. The van der Waals surface area contributed by atoms with E-state index in [9.17, 15) is 9.90 Å². The van der Waals surface area contributed by atoms with Gasteiger partial charge in [-0.15, -0.1) is 11.3 Å². The van der Waals surface area contributed by atoms with Gasteiger partial charge in [0.05, 0.1) is 6.10 Å². The van der Waals surface area contributed by atoms with E-state index in [0.717, 1.165) is 37.8 Å². The number of aliphatic hydroxyl groups excluding tert-OH is 1. The zero-order valence-electron chi connectivity index (χ0n) is 10.3. The van der Waals surface area contributed by atoms with E-state index in [-0.39, 0.29) is 6.10 Å². The summed E-state index contributed by atoms with van der Waals surface area (Å²) < 4.78 is 0. The molecule has 1 saturated carbocycles. The SMILES string of the molecule is O=C(O)c1sccc1CNCC1CCC(O)CC1. The molecule has 18 heavy (non-hydrogen) atoms. The molecule has 1 aliphatic carbocycles. The van der Waals surface area contributed by atoms with Crippen LogP contribution in [0, 0.1) is 5.92 Å². The molecule has 0 saturated heterocycles. The summed E-state index contributed by atoms with van der Waals surface area (Å²) in [6.45, 7) is 1.52. The van der Waals surface area contributed by atoms with E-state index in [1.165, 1.54) is 11.3 Å². The number of carbonyl (C=O) groups is 1. The molecule has 3 N–H and O–H groups in total. The molecule has 4 nitrogen and oxygen atoms in total. The van der Waals surface area contributed by atoms with E-state index in [0.29, 0.717) is 17.3 Å². The molecule has 100 valence electrons. The van der Waals surface area contributed by atoms with E-state index in [1.807, 2.05) is 11.4 Å². The van der Waals surface area contributed by atoms with E-state index in [2.05, 4.69) is 5.32 Å². The Morgan fingerprint density at radius 3 is 2.78 bits per heavy atom. The third-order valence-corrected chi connectivity index (χ3v) is 4.45. The number of aromatic carboxylic acids is 1. The smallest absolute Gasteiger partial charge is 0.346 e. The topological polar surface area (TPSA) is 69.6 Å². The van der Waals surface area contributed by atoms with Crippen molar-refractivity contribution in [3.8, 4) is 0 Å². The summed E-state index contributed by atoms with van der Waals surface area (Å²) >= 11 is 1.27. The summed E-state index contributed by atoms with van der Waals surface area (Å²) in [5.41, 5.74) is 0.864. The van der Waals surface area contributed by atoms with Crippen LogP contribution in [0.15, 0.2) is 11.4 Å². The second kappa shape index (κ2) is 6.31. The molecule has 5 heteroatoms. The average molecular weight is 269 g/mol. The molecule has 1 aliphatic rings. The zero-order valence-corrected chi connectivity index (χ0v) is 11.1. The van der Waals surface area contributed by atoms with Crippen LogP contribution < -0.4 is 5.32 Å². The van der Waals surface area contributed by atoms with Crippen molar-refractivity contribution in [2.75, 3.05) is 6.54 Å². The number of rotatable bonds is 5. The van der Waals surface area contributed by atoms with Crippen molar-refractivity contribution in [2.24, 2.45) is 5.92 Å². The van der Waals surface area contributed by atoms with Gasteiger partial charge in [-0.3, -0.25) is 0 Å². The fraction of sp³-hybridized carbons (Fsp3) is 0.615. The predicted octanol–water partition coefficient (Wildman–Crippen LogP) is 2.09. The number of nitrogens with one attached hydrogen (secondary N) is 1. The maximum absolute atomic E-state index is 10.9. The van der Waals surface area contributed by atoms with Crippen LogP contribution in [-0.4, -0.2) is 28.8 Å². The zero-order chi connectivity index (χ0) is 13.0. The van der Waals surface area contributed by atoms with Crippen molar-refractivity contribution in [1.82, 2.24) is 5.32 Å². The fourth-order valence-corrected chi connectivity index (χ4v) is 3.18. The van der Waals surface area contributed by atoms with E-state index in [1.54, 1.807) is 0 Å². The van der Waals surface area contributed by atoms with Gasteiger partial charge in [-0.1, -0.05) is 0 Å². The van der Waals surface area contributed by atoms with Gasteiger partial charge in [0.2, 0.25) is 0 Å². The first-order valence-electron chi connectivity index (χ1n) is 6.35. The summed E-state index contributed by atoms with van der Waals surface area (Å²) in [6.07, 6.45) is 3.79. The van der Waals surface area contributed by atoms with E-state index >= 15 is 0 Å². The number of carboxylic acids is 1. The highest BCUT2D eigenvalue weighted by Crippen LogP contribution is 2.23. The summed E-state index contributed by atoms with van der Waals surface area (Å²) in [4.78, 5) is 11.4. The molecule has 0 spiro atoms. The molecule has 0 unspecified atom stereocenters. The molecule has 1 aromatic heterocycles. The third kappa shape index (κ3) is 3.54. The molecule has 0 bridgehead atoms. The maximum atomic E-state index is 10.9. The highest BCUT2D eigenvalue weighted by molar-refractivity contribution is 7.12. The van der Waals surface area contributed by atoms with Gasteiger partial charge < -0.3 is 15.5 Å². The molecule has 1 heterocycles. The van der Waals surface area contributed by atoms with Crippen molar-refractivity contribution in [3.63, 3.8) is 0 Å². The van der Waals surface area contributed by atoms with Crippen LogP contribution in [0.1, 0.15) is 40.9 Å². The quantitative estimate of drug-likeness (QED) is 0.765. The highest BCUT2D eigenvalue weighted by Gasteiger charge is 2.19. The lowest BCUT2D eigenvalue weighted by Gasteiger charge is -2.25. The Morgan fingerprint density at radius 1 is 1.39 bits per heavy atom. The van der Waals surface area contributed by atoms with Crippen LogP contribution in [0.3, 0.4) is 0 Å². The molecule has 0 aromatic carbocycles. The minimum atomic E-state index is -0.845. The Kier molecular flexibility index (Phi) is 4.74. The van der Waals surface area contributed by atoms with Crippen molar-refractivity contribution in [2.45, 2.75) is 38.3 Å². The molecule has 0 amide bonds. The molecule has 1 aromatic rings. The summed E-state index contributed by atoms with van der Waals surface area (Å²) in [6, 6.07) is 1.87. The lowest BCUT2D eigenvalue weighted by atomic mass is 9.87. The van der Waals surface area contributed by atoms with Gasteiger partial charge in [-0.05, 0) is 55.2 Å². The van der Waals surface area contributed by atoms with Gasteiger partial charge >= 0.3 is 5.97 Å². The van der Waals surface area contributed by atoms with Gasteiger partial charge in [-0.2, -0.15) is 0 Å². The molecule has 0 atom stereocenters. The summed E-state index contributed by atoms with van der Waals surface area (Å²) in [7, 11) is 0. The Bertz CT molecular complexity index is 397. The van der Waals surface area contributed by atoms with Gasteiger partial charge in [-0.25, -0.2) is 4.79 Å². The number of carboxylic acid groups (broad SMARTS) is 1. The monoisotopic (exact) mass is 269 g/mol. The molecule has 0 aliphatic heterocycles. The third-order valence-electron chi connectivity index (χ3n) is 3.51. The molecular formula is C13H19NO3S. The maximum Gasteiger partial charge on any atom is 0.346 e. The largest absolute Gasteiger partial charge is 0.477 e. The minimum absolute atomic E-state index is 0.114. The van der Waals surface area contributed by atoms with Gasteiger partial charge in [0.1, 0.15) is 4.88 Å². The number of thiophene rings is 1. The van der Waals surface area contributed by atoms with Crippen LogP contribution >= 0.6 is 11.3 Å². The highest BCUT2D eigenvalue weighted by atomic mass is 32.1. The van der Waals surface area contributed by atoms with Crippen molar-refractivity contribution < 1.29 is 15.0 Å². The van der Waals surface area contributed by atoms with Crippen LogP contribution in [0.25, 0.3) is 0 Å². The Morgan fingerprint density at radius 2 is 2.11 bits per heavy atom. The second-order valence-corrected chi connectivity index (χ2v) is 5.80. The standard InChI is InChI=1S/C13H19NO3S/c15-11-3-1-9(2-4-11)7-14-8-10-5-6-18-12(10)13(16)17/h5-6,9,11,14-15H,1-4,7-8H2,(H,16,17). The first-order valence-corrected chi connectivity index (χ1v) is 7.23. The lowest BCUT2D eigenvalue weighted by molar-refractivity contribution is 0.0700. The van der Waals surface area contributed by atoms with E-state index < -0.39 is 5.97 Å². The molecule has 2 rings (SSSR count). The molecule has 0 radical (unpaired) electrons. The van der Waals surface area contributed by atoms with Crippen LogP contribution in [0.4, 0.5) is 0 Å². The van der Waals surface area contributed by atoms with Crippen molar-refractivity contribution in [1.29, 1.82) is 0 Å². The van der Waals surface area contributed by atoms with Crippen LogP contribution in [-0.2, 0) is 6.54 Å². The Labute approximate surface area is 111 Å². The summed E-state index contributed by atoms with van der Waals surface area (Å²) in [5.74, 6) is -0.233. The molecular weight excluding hydrogens is 250 g/mol. The van der Waals surface area contributed by atoms with Crippen LogP contribution in [0.2, 0.25) is 0 Å². The number of aliphatic hydroxyl groups is 1. The van der Waals surface area contributed by atoms with Gasteiger partial charge in [0.15, 0.2) is 0 Å². The first-order chi connectivity index (χ1) is 8.66. The number of hydrogen-bond acceptors (Lipinski definition) is 4. The minimum Gasteiger partial charge on any atom is -0.477 e. The average Bonchev–Trinajstić information content (AvgIpc) is 2.80. The Balaban J connectivity index is 1.75. The van der Waals surface area contributed by atoms with Gasteiger partial charge in [0.25, 0.3) is 0 Å². The van der Waals surface area contributed by atoms with Crippen LogP contribution in [0.5, 0.6) is 0 Å². The normalized spacial score (nSPS) is 24.1. The predicted molar refractivity (Wildman–Crippen MR) is 70.9 cm³/mol. The molecule has 1 fully saturated rings. The number of hydrogen-bond donors (Lipinski definition) is 3. The second-order valence-electron chi connectivity index (χ2n) is 4.89. The lowest BCUT2D eigenvalue weighted by Crippen LogP contribution is -2.27. The van der Waals surface area contributed by atoms with Crippen molar-refractivity contribution in [3.05, 3.63) is 21.9 Å². The van der Waals surface area contributed by atoms with Crippen molar-refractivity contribution >= 4 is 17.3 Å². The Hall–Kier alpha value is -0.910. The fourth-order valence-electron chi connectivity index (χ4n) is 2.42. The van der Waals surface area contributed by atoms with Gasteiger partial charge in [0, 0.05) is 6.54 Å². The van der Waals surface area contributed by atoms with E-state index in [4.69, 9.17) is 5.11 Å². The first kappa shape index (κ1) is 13.5.